The third kappa shape index (κ3) is 3.88. The van der Waals surface area contributed by atoms with E-state index in [-0.39, 0.29) is 6.04 Å². The first-order valence-electron chi connectivity index (χ1n) is 6.60. The Balaban J connectivity index is 1.98. The smallest absolute Gasteiger partial charge is 0.233 e. The quantitative estimate of drug-likeness (QED) is 0.811. The standard InChI is InChI=1S/C14H21N3OS/c1-10(2)7-13-15-16-14(18-13)11(3)17(4)8-12-5-6-19-9-12/h5-6,9-11H,7-8H2,1-4H3/t11-/m0/s1. The second-order valence-corrected chi connectivity index (χ2v) is 6.13. The molecule has 0 unspecified atom stereocenters. The fraction of sp³-hybridized carbons (Fsp3) is 0.571. The minimum Gasteiger partial charge on any atom is -0.424 e. The highest BCUT2D eigenvalue weighted by atomic mass is 32.1. The summed E-state index contributed by atoms with van der Waals surface area (Å²) in [6, 6.07) is 2.28. The molecule has 0 aromatic carbocycles. The molecule has 0 saturated heterocycles. The van der Waals surface area contributed by atoms with E-state index in [1.807, 2.05) is 0 Å². The van der Waals surface area contributed by atoms with E-state index in [0.29, 0.717) is 11.8 Å². The molecule has 2 rings (SSSR count). The zero-order chi connectivity index (χ0) is 13.8. The van der Waals surface area contributed by atoms with Gasteiger partial charge in [0.15, 0.2) is 0 Å². The summed E-state index contributed by atoms with van der Waals surface area (Å²) < 4.78 is 5.74. The second-order valence-electron chi connectivity index (χ2n) is 5.35. The second kappa shape index (κ2) is 6.30. The van der Waals surface area contributed by atoms with Gasteiger partial charge in [-0.15, -0.1) is 10.2 Å². The van der Waals surface area contributed by atoms with E-state index in [1.165, 1.54) is 5.56 Å². The fourth-order valence-electron chi connectivity index (χ4n) is 1.86. The van der Waals surface area contributed by atoms with E-state index in [4.69, 9.17) is 4.42 Å². The van der Waals surface area contributed by atoms with Crippen LogP contribution in [0.3, 0.4) is 0 Å². The lowest BCUT2D eigenvalue weighted by molar-refractivity contribution is 0.213. The zero-order valence-corrected chi connectivity index (χ0v) is 12.8. The molecule has 0 radical (unpaired) electrons. The highest BCUT2D eigenvalue weighted by Crippen LogP contribution is 2.21. The van der Waals surface area contributed by atoms with Crippen molar-refractivity contribution in [2.45, 2.75) is 39.8 Å². The monoisotopic (exact) mass is 279 g/mol. The van der Waals surface area contributed by atoms with Gasteiger partial charge in [-0.2, -0.15) is 11.3 Å². The summed E-state index contributed by atoms with van der Waals surface area (Å²) in [4.78, 5) is 2.22. The van der Waals surface area contributed by atoms with Crippen LogP contribution in [-0.4, -0.2) is 22.1 Å². The Kier molecular flexibility index (Phi) is 4.71. The Morgan fingerprint density at radius 2 is 2.11 bits per heavy atom. The van der Waals surface area contributed by atoms with Crippen LogP contribution >= 0.6 is 11.3 Å². The first-order chi connectivity index (χ1) is 9.06. The molecule has 2 heterocycles. The Labute approximate surface area is 118 Å². The van der Waals surface area contributed by atoms with Gasteiger partial charge in [-0.05, 0) is 42.3 Å². The molecule has 2 aromatic heterocycles. The number of rotatable bonds is 6. The van der Waals surface area contributed by atoms with Crippen LogP contribution in [-0.2, 0) is 13.0 Å². The first-order valence-corrected chi connectivity index (χ1v) is 7.54. The number of hydrogen-bond acceptors (Lipinski definition) is 5. The normalized spacial score (nSPS) is 13.4. The molecule has 0 bridgehead atoms. The van der Waals surface area contributed by atoms with Gasteiger partial charge in [0.2, 0.25) is 11.8 Å². The van der Waals surface area contributed by atoms with Crippen LogP contribution < -0.4 is 0 Å². The Hall–Kier alpha value is -1.20. The molecule has 0 N–H and O–H groups in total. The van der Waals surface area contributed by atoms with Crippen molar-refractivity contribution in [3.63, 3.8) is 0 Å². The number of thiophene rings is 1. The van der Waals surface area contributed by atoms with Crippen LogP contribution in [0.1, 0.15) is 44.2 Å². The lowest BCUT2D eigenvalue weighted by Crippen LogP contribution is -2.21. The molecule has 0 aliphatic carbocycles. The van der Waals surface area contributed by atoms with Gasteiger partial charge < -0.3 is 4.42 Å². The molecule has 104 valence electrons. The summed E-state index contributed by atoms with van der Waals surface area (Å²) in [5, 5.41) is 12.5. The van der Waals surface area contributed by atoms with Gasteiger partial charge in [0.25, 0.3) is 0 Å². The first kappa shape index (κ1) is 14.2. The minimum atomic E-state index is 0.133. The lowest BCUT2D eigenvalue weighted by Gasteiger charge is -2.21. The SMILES string of the molecule is CC(C)Cc1nnc([C@H](C)N(C)Cc2ccsc2)o1. The Morgan fingerprint density at radius 1 is 1.32 bits per heavy atom. The molecule has 5 heteroatoms. The van der Waals surface area contributed by atoms with E-state index in [2.05, 4.69) is 59.7 Å². The van der Waals surface area contributed by atoms with Crippen molar-refractivity contribution in [2.24, 2.45) is 5.92 Å². The molecule has 0 amide bonds. The molecule has 0 saturated carbocycles. The molecular formula is C14H21N3OS. The molecule has 0 spiro atoms. The van der Waals surface area contributed by atoms with Crippen LogP contribution in [0.2, 0.25) is 0 Å². The summed E-state index contributed by atoms with van der Waals surface area (Å²) in [7, 11) is 2.08. The predicted molar refractivity (Wildman–Crippen MR) is 77.0 cm³/mol. The van der Waals surface area contributed by atoms with Gasteiger partial charge in [-0.25, -0.2) is 0 Å². The summed E-state index contributed by atoms with van der Waals surface area (Å²) in [6.07, 6.45) is 0.841. The number of nitrogens with zero attached hydrogens (tertiary/aromatic N) is 3. The molecular weight excluding hydrogens is 258 g/mol. The van der Waals surface area contributed by atoms with Crippen molar-refractivity contribution < 1.29 is 4.42 Å². The van der Waals surface area contributed by atoms with E-state index in [1.54, 1.807) is 11.3 Å². The van der Waals surface area contributed by atoms with Gasteiger partial charge >= 0.3 is 0 Å². The van der Waals surface area contributed by atoms with Crippen LogP contribution in [0.15, 0.2) is 21.2 Å². The third-order valence-corrected chi connectivity index (χ3v) is 3.83. The van der Waals surface area contributed by atoms with Crippen molar-refractivity contribution >= 4 is 11.3 Å². The van der Waals surface area contributed by atoms with E-state index in [9.17, 15) is 0 Å². The van der Waals surface area contributed by atoms with E-state index >= 15 is 0 Å². The molecule has 0 aliphatic rings. The van der Waals surface area contributed by atoms with Gasteiger partial charge in [0, 0.05) is 13.0 Å². The van der Waals surface area contributed by atoms with Crippen molar-refractivity contribution in [3.05, 3.63) is 34.2 Å². The van der Waals surface area contributed by atoms with Crippen molar-refractivity contribution in [1.82, 2.24) is 15.1 Å². The molecule has 2 aromatic rings. The average molecular weight is 279 g/mol. The summed E-state index contributed by atoms with van der Waals surface area (Å²) >= 11 is 1.72. The van der Waals surface area contributed by atoms with Crippen molar-refractivity contribution in [2.75, 3.05) is 7.05 Å². The molecule has 4 nitrogen and oxygen atoms in total. The maximum Gasteiger partial charge on any atom is 0.233 e. The molecule has 19 heavy (non-hydrogen) atoms. The third-order valence-electron chi connectivity index (χ3n) is 3.10. The fourth-order valence-corrected chi connectivity index (χ4v) is 2.52. The molecule has 0 aliphatic heterocycles. The van der Waals surface area contributed by atoms with Crippen molar-refractivity contribution in [3.8, 4) is 0 Å². The van der Waals surface area contributed by atoms with Crippen LogP contribution in [0, 0.1) is 5.92 Å². The maximum absolute atomic E-state index is 5.74. The molecule has 1 atom stereocenters. The summed E-state index contributed by atoms with van der Waals surface area (Å²) in [5.74, 6) is 1.97. The lowest BCUT2D eigenvalue weighted by atomic mass is 10.1. The topological polar surface area (TPSA) is 42.2 Å². The van der Waals surface area contributed by atoms with Crippen LogP contribution in [0.25, 0.3) is 0 Å². The van der Waals surface area contributed by atoms with Gasteiger partial charge in [0.05, 0.1) is 6.04 Å². The largest absolute Gasteiger partial charge is 0.424 e. The summed E-state index contributed by atoms with van der Waals surface area (Å²) in [5.41, 5.74) is 1.32. The highest BCUT2D eigenvalue weighted by Gasteiger charge is 2.19. The van der Waals surface area contributed by atoms with Crippen LogP contribution in [0.4, 0.5) is 0 Å². The maximum atomic E-state index is 5.74. The Bertz CT molecular complexity index is 493. The predicted octanol–water partition coefficient (Wildman–Crippen LogP) is 3.52. The van der Waals surface area contributed by atoms with E-state index < -0.39 is 0 Å². The number of hydrogen-bond donors (Lipinski definition) is 0. The zero-order valence-electron chi connectivity index (χ0n) is 12.0. The Morgan fingerprint density at radius 3 is 2.74 bits per heavy atom. The highest BCUT2D eigenvalue weighted by molar-refractivity contribution is 7.07. The van der Waals surface area contributed by atoms with Gasteiger partial charge in [-0.3, -0.25) is 4.90 Å². The van der Waals surface area contributed by atoms with Gasteiger partial charge in [0.1, 0.15) is 0 Å². The van der Waals surface area contributed by atoms with Crippen molar-refractivity contribution in [1.29, 1.82) is 0 Å². The van der Waals surface area contributed by atoms with E-state index in [0.717, 1.165) is 18.9 Å². The minimum absolute atomic E-state index is 0.133. The average Bonchev–Trinajstić information content (AvgIpc) is 2.98. The van der Waals surface area contributed by atoms with Gasteiger partial charge in [-0.1, -0.05) is 13.8 Å². The van der Waals surface area contributed by atoms with Crippen LogP contribution in [0.5, 0.6) is 0 Å². The molecule has 0 fully saturated rings. The number of aromatic nitrogens is 2. The summed E-state index contributed by atoms with van der Waals surface area (Å²) in [6.45, 7) is 7.29.